The molecule has 42 heavy (non-hydrogen) atoms. The fourth-order valence-electron chi connectivity index (χ4n) is 4.71. The second-order valence-electron chi connectivity index (χ2n) is 9.37. The lowest BCUT2D eigenvalue weighted by Crippen LogP contribution is -2.39. The van der Waals surface area contributed by atoms with Crippen molar-refractivity contribution in [1.29, 1.82) is 0 Å². The minimum Gasteiger partial charge on any atom is -0.493 e. The van der Waals surface area contributed by atoms with Gasteiger partial charge in [-0.2, -0.15) is 0 Å². The Morgan fingerprint density at radius 1 is 1.12 bits per heavy atom. The maximum absolute atomic E-state index is 13.9. The Labute approximate surface area is 256 Å². The van der Waals surface area contributed by atoms with Crippen molar-refractivity contribution in [3.8, 4) is 11.5 Å². The lowest BCUT2D eigenvalue weighted by molar-refractivity contribution is -0.139. The van der Waals surface area contributed by atoms with Crippen LogP contribution in [0.2, 0.25) is 5.02 Å². The largest absolute Gasteiger partial charge is 0.493 e. The van der Waals surface area contributed by atoms with Gasteiger partial charge in [0.2, 0.25) is 0 Å². The molecule has 2 heterocycles. The zero-order valence-corrected chi connectivity index (χ0v) is 25.9. The van der Waals surface area contributed by atoms with E-state index in [0.717, 1.165) is 21.6 Å². The van der Waals surface area contributed by atoms with E-state index in [1.54, 1.807) is 49.4 Å². The van der Waals surface area contributed by atoms with Crippen LogP contribution in [0.25, 0.3) is 6.08 Å². The summed E-state index contributed by atoms with van der Waals surface area (Å²) in [6.45, 7) is 4.04. The van der Waals surface area contributed by atoms with Crippen LogP contribution in [0, 0.1) is 0 Å². The molecule has 0 saturated carbocycles. The van der Waals surface area contributed by atoms with Gasteiger partial charge >= 0.3 is 5.97 Å². The van der Waals surface area contributed by atoms with Gasteiger partial charge in [-0.05, 0) is 67.6 Å². The third kappa shape index (κ3) is 6.04. The third-order valence-electron chi connectivity index (χ3n) is 6.78. The fraction of sp³-hybridized carbons (Fsp3) is 0.219. The molecule has 4 aromatic rings. The van der Waals surface area contributed by atoms with E-state index in [1.165, 1.54) is 11.3 Å². The van der Waals surface area contributed by atoms with Gasteiger partial charge in [0.05, 0.1) is 35.6 Å². The second-order valence-corrected chi connectivity index (χ2v) is 11.7. The highest BCUT2D eigenvalue weighted by Crippen LogP contribution is 2.32. The Kier molecular flexibility index (Phi) is 9.21. The summed E-state index contributed by atoms with van der Waals surface area (Å²) in [5, 5.41) is 0.628. The van der Waals surface area contributed by atoms with Crippen LogP contribution in [0.5, 0.6) is 11.5 Å². The van der Waals surface area contributed by atoms with Gasteiger partial charge in [0.15, 0.2) is 16.3 Å². The van der Waals surface area contributed by atoms with Crippen LogP contribution in [0.15, 0.2) is 92.7 Å². The summed E-state index contributed by atoms with van der Waals surface area (Å²) in [5.41, 5.74) is 3.06. The first-order valence-corrected chi connectivity index (χ1v) is 15.6. The molecular weight excluding hydrogens is 592 g/mol. The van der Waals surface area contributed by atoms with Crippen molar-refractivity contribution in [3.05, 3.63) is 119 Å². The van der Waals surface area contributed by atoms with E-state index >= 15 is 0 Å². The monoisotopic (exact) mass is 620 g/mol. The minimum atomic E-state index is -0.659. The van der Waals surface area contributed by atoms with E-state index in [4.69, 9.17) is 25.8 Å². The van der Waals surface area contributed by atoms with Crippen molar-refractivity contribution in [2.24, 2.45) is 4.99 Å². The first-order chi connectivity index (χ1) is 20.3. The minimum absolute atomic E-state index is 0.220. The molecular formula is C32H29ClN2O5S2. The number of rotatable bonds is 9. The van der Waals surface area contributed by atoms with Gasteiger partial charge < -0.3 is 14.2 Å². The third-order valence-corrected chi connectivity index (χ3v) is 8.87. The maximum atomic E-state index is 13.9. The number of allylic oxidation sites excluding steroid dienone is 1. The van der Waals surface area contributed by atoms with Crippen molar-refractivity contribution in [3.63, 3.8) is 0 Å². The van der Waals surface area contributed by atoms with Crippen LogP contribution in [0.1, 0.15) is 36.6 Å². The number of carbonyl (C=O) groups excluding carboxylic acids is 1. The fourth-order valence-corrected chi connectivity index (χ4v) is 6.35. The van der Waals surface area contributed by atoms with Crippen LogP contribution >= 0.6 is 34.7 Å². The zero-order valence-electron chi connectivity index (χ0n) is 23.5. The lowest BCUT2D eigenvalue weighted by Gasteiger charge is -2.24. The summed E-state index contributed by atoms with van der Waals surface area (Å²) in [4.78, 5) is 33.3. The number of thioether (sulfide) groups is 1. The molecule has 1 aliphatic heterocycles. The molecule has 216 valence electrons. The predicted octanol–water partition coefficient (Wildman–Crippen LogP) is 5.76. The highest BCUT2D eigenvalue weighted by atomic mass is 35.5. The standard InChI is InChI=1S/C32H29ClN2O5S2/c1-5-39-31(37)28-19(2)34-32-35(29(28)21-11-13-23(41-4)14-12-21)30(36)27(42-32)17-20-10-15-25(26(16-20)38-3)40-18-22-8-6-7-9-24(22)33/h6-17,29H,5,18H2,1-4H3/b27-17-/t29-/m0/s1. The van der Waals surface area contributed by atoms with Gasteiger partial charge in [-0.1, -0.05) is 59.3 Å². The summed E-state index contributed by atoms with van der Waals surface area (Å²) >= 11 is 9.16. The zero-order chi connectivity index (χ0) is 29.8. The van der Waals surface area contributed by atoms with Crippen molar-refractivity contribution < 1.29 is 19.0 Å². The van der Waals surface area contributed by atoms with E-state index in [-0.39, 0.29) is 18.8 Å². The van der Waals surface area contributed by atoms with Gasteiger partial charge in [0.25, 0.3) is 5.56 Å². The number of methoxy groups -OCH3 is 1. The van der Waals surface area contributed by atoms with Crippen LogP contribution in [-0.2, 0) is 16.1 Å². The highest BCUT2D eigenvalue weighted by Gasteiger charge is 2.33. The summed E-state index contributed by atoms with van der Waals surface area (Å²) < 4.78 is 19.0. The second kappa shape index (κ2) is 13.0. The molecule has 0 fully saturated rings. The summed E-state index contributed by atoms with van der Waals surface area (Å²) in [6.07, 6.45) is 3.79. The van der Waals surface area contributed by atoms with Crippen molar-refractivity contribution in [2.75, 3.05) is 20.0 Å². The van der Waals surface area contributed by atoms with Crippen molar-refractivity contribution in [1.82, 2.24) is 4.57 Å². The molecule has 0 bridgehead atoms. The number of hydrogen-bond donors (Lipinski definition) is 0. The number of esters is 1. The van der Waals surface area contributed by atoms with E-state index in [2.05, 4.69) is 4.99 Å². The summed E-state index contributed by atoms with van der Waals surface area (Å²) in [6, 6.07) is 20.2. The van der Waals surface area contributed by atoms with Crippen LogP contribution in [-0.4, -0.2) is 30.5 Å². The molecule has 10 heteroatoms. The maximum Gasteiger partial charge on any atom is 0.338 e. The van der Waals surface area contributed by atoms with E-state index in [9.17, 15) is 9.59 Å². The van der Waals surface area contributed by atoms with Crippen molar-refractivity contribution >= 4 is 46.7 Å². The number of halogens is 1. The lowest BCUT2D eigenvalue weighted by atomic mass is 9.96. The number of nitrogens with zero attached hydrogens (tertiary/aromatic N) is 2. The average Bonchev–Trinajstić information content (AvgIpc) is 3.30. The van der Waals surface area contributed by atoms with Gasteiger partial charge in [0, 0.05) is 15.5 Å². The number of benzene rings is 3. The number of thiazole rings is 1. The number of hydrogen-bond acceptors (Lipinski definition) is 8. The number of ether oxygens (including phenoxy) is 3. The Balaban J connectivity index is 1.54. The molecule has 0 spiro atoms. The molecule has 7 nitrogen and oxygen atoms in total. The first kappa shape index (κ1) is 29.7. The summed E-state index contributed by atoms with van der Waals surface area (Å²) in [5.74, 6) is 0.597. The molecule has 1 atom stereocenters. The molecule has 3 aromatic carbocycles. The van der Waals surface area contributed by atoms with Crippen LogP contribution in [0.3, 0.4) is 0 Å². The Hall–Kier alpha value is -3.79. The van der Waals surface area contributed by atoms with Gasteiger partial charge in [-0.15, -0.1) is 11.8 Å². The predicted molar refractivity (Wildman–Crippen MR) is 167 cm³/mol. The van der Waals surface area contributed by atoms with E-state index in [0.29, 0.717) is 37.1 Å². The molecule has 5 rings (SSSR count). The topological polar surface area (TPSA) is 79.1 Å². The van der Waals surface area contributed by atoms with Crippen LogP contribution in [0.4, 0.5) is 0 Å². The van der Waals surface area contributed by atoms with Gasteiger partial charge in [-0.25, -0.2) is 9.79 Å². The molecule has 0 aliphatic carbocycles. The van der Waals surface area contributed by atoms with E-state index in [1.807, 2.05) is 66.9 Å². The van der Waals surface area contributed by atoms with Crippen LogP contribution < -0.4 is 24.4 Å². The quantitative estimate of drug-likeness (QED) is 0.175. The number of fused-ring (bicyclic) bond motifs is 1. The van der Waals surface area contributed by atoms with Gasteiger partial charge in [0.1, 0.15) is 6.61 Å². The Bertz CT molecular complexity index is 1840. The normalized spacial score (nSPS) is 14.8. The molecule has 0 radical (unpaired) electrons. The molecule has 1 aliphatic rings. The molecule has 0 amide bonds. The SMILES string of the molecule is CCOC(=O)C1=C(C)N=c2s/c(=C\c3ccc(OCc4ccccc4Cl)c(OC)c3)c(=O)n2[C@H]1c1ccc(SC)cc1. The smallest absolute Gasteiger partial charge is 0.338 e. The van der Waals surface area contributed by atoms with E-state index < -0.39 is 12.0 Å². The van der Waals surface area contributed by atoms with Gasteiger partial charge in [-0.3, -0.25) is 9.36 Å². The Morgan fingerprint density at radius 2 is 1.88 bits per heavy atom. The number of aromatic nitrogens is 1. The highest BCUT2D eigenvalue weighted by molar-refractivity contribution is 7.98. The molecule has 0 N–H and O–H groups in total. The molecule has 0 unspecified atom stereocenters. The molecule has 1 aromatic heterocycles. The summed E-state index contributed by atoms with van der Waals surface area (Å²) in [7, 11) is 1.57. The average molecular weight is 621 g/mol. The Morgan fingerprint density at radius 3 is 2.57 bits per heavy atom. The number of carbonyl (C=O) groups is 1. The van der Waals surface area contributed by atoms with Crippen molar-refractivity contribution in [2.45, 2.75) is 31.4 Å². The molecule has 0 saturated heterocycles. The first-order valence-electron chi connectivity index (χ1n) is 13.2.